The Morgan fingerprint density at radius 2 is 1.45 bits per heavy atom. The van der Waals surface area contributed by atoms with Crippen molar-refractivity contribution in [3.8, 4) is 0 Å². The first-order valence-corrected chi connectivity index (χ1v) is 13.8. The van der Waals surface area contributed by atoms with E-state index < -0.39 is 16.6 Å². The molecule has 0 saturated carbocycles. The quantitative estimate of drug-likeness (QED) is 0.474. The van der Waals surface area contributed by atoms with Crippen molar-refractivity contribution >= 4 is 0 Å². The van der Waals surface area contributed by atoms with Crippen molar-refractivity contribution in [3.63, 3.8) is 0 Å². The molecule has 114 valence electrons. The molecule has 20 heavy (non-hydrogen) atoms. The topological polar surface area (TPSA) is 0 Å². The normalized spacial score (nSPS) is 42.3. The van der Waals surface area contributed by atoms with Crippen molar-refractivity contribution in [1.82, 2.24) is 0 Å². The van der Waals surface area contributed by atoms with Crippen LogP contribution in [0.5, 0.6) is 0 Å². The first-order valence-electron chi connectivity index (χ1n) is 8.38. The van der Waals surface area contributed by atoms with E-state index in [-0.39, 0.29) is 0 Å². The van der Waals surface area contributed by atoms with E-state index in [2.05, 4.69) is 64.2 Å². The Morgan fingerprint density at radius 3 is 1.90 bits per heavy atom. The molecule has 0 aromatic rings. The second kappa shape index (κ2) is 4.85. The van der Waals surface area contributed by atoms with Crippen LogP contribution in [0.2, 0.25) is 19.4 Å². The predicted molar refractivity (Wildman–Crippen MR) is 88.0 cm³/mol. The van der Waals surface area contributed by atoms with E-state index in [1.54, 1.807) is 22.3 Å². The molecule has 2 rings (SSSR count). The molecule has 2 aliphatic rings. The Labute approximate surface area is 130 Å². The molecular formula is C19H34Ti. The van der Waals surface area contributed by atoms with Gasteiger partial charge in [-0.1, -0.05) is 0 Å². The molecule has 1 heteroatoms. The number of hydrogen-bond donors (Lipinski definition) is 0. The molecule has 0 fully saturated rings. The minimum atomic E-state index is -1.85. The van der Waals surface area contributed by atoms with Crippen LogP contribution in [0.1, 0.15) is 48.5 Å². The van der Waals surface area contributed by atoms with E-state index in [0.29, 0.717) is 9.64 Å². The Bertz CT molecular complexity index is 488. The summed E-state index contributed by atoms with van der Waals surface area (Å²) in [5.41, 5.74) is 6.88. The van der Waals surface area contributed by atoms with Gasteiger partial charge >= 0.3 is 130 Å². The summed E-state index contributed by atoms with van der Waals surface area (Å²) in [5.74, 6) is 3.05. The second-order valence-corrected chi connectivity index (χ2v) is 17.4. The number of hydrogen-bond acceptors (Lipinski definition) is 0. The predicted octanol–water partition coefficient (Wildman–Crippen LogP) is 6.67. The molecule has 0 N–H and O–H groups in total. The van der Waals surface area contributed by atoms with Crippen LogP contribution < -0.4 is 0 Å². The zero-order valence-electron chi connectivity index (χ0n) is 15.3. The van der Waals surface area contributed by atoms with Crippen molar-refractivity contribution in [3.05, 3.63) is 22.3 Å². The molecule has 0 aliphatic heterocycles. The zero-order valence-corrected chi connectivity index (χ0v) is 16.9. The summed E-state index contributed by atoms with van der Waals surface area (Å²) in [7, 11) is 0. The first kappa shape index (κ1) is 16.6. The molecule has 0 aromatic heterocycles. The van der Waals surface area contributed by atoms with E-state index in [1.165, 1.54) is 0 Å². The average molecular weight is 310 g/mol. The third kappa shape index (κ3) is 1.90. The van der Waals surface area contributed by atoms with Crippen LogP contribution in [0.4, 0.5) is 0 Å². The van der Waals surface area contributed by atoms with E-state index in [9.17, 15) is 0 Å². The fraction of sp³-hybridized carbons (Fsp3) is 0.789. The van der Waals surface area contributed by atoms with Gasteiger partial charge in [-0.25, -0.2) is 0 Å². The Balaban J connectivity index is 2.77. The van der Waals surface area contributed by atoms with Crippen LogP contribution in [0.15, 0.2) is 22.3 Å². The van der Waals surface area contributed by atoms with Gasteiger partial charge in [0.05, 0.1) is 0 Å². The van der Waals surface area contributed by atoms with Crippen molar-refractivity contribution in [2.45, 2.75) is 67.9 Å². The molecule has 0 radical (unpaired) electrons. The summed E-state index contributed by atoms with van der Waals surface area (Å²) in [5, 5.41) is 7.86. The van der Waals surface area contributed by atoms with Gasteiger partial charge in [-0.2, -0.15) is 0 Å². The monoisotopic (exact) mass is 310 g/mol. The van der Waals surface area contributed by atoms with Crippen LogP contribution in [-0.2, 0) is 16.6 Å². The van der Waals surface area contributed by atoms with E-state index in [4.69, 9.17) is 0 Å². The van der Waals surface area contributed by atoms with Gasteiger partial charge in [0.1, 0.15) is 0 Å². The molecule has 0 heterocycles. The third-order valence-electron chi connectivity index (χ3n) is 7.43. The maximum absolute atomic E-state index is 2.62. The molecule has 5 unspecified atom stereocenters. The molecule has 0 saturated heterocycles. The van der Waals surface area contributed by atoms with Crippen molar-refractivity contribution in [1.29, 1.82) is 0 Å². The van der Waals surface area contributed by atoms with Crippen LogP contribution in [-0.4, -0.2) is 0 Å². The molecule has 0 spiro atoms. The Hall–Kier alpha value is 0.194. The third-order valence-corrected chi connectivity index (χ3v) is 13.4. The van der Waals surface area contributed by atoms with Crippen LogP contribution in [0.3, 0.4) is 0 Å². The molecule has 5 atom stereocenters. The van der Waals surface area contributed by atoms with Gasteiger partial charge < -0.3 is 0 Å². The summed E-state index contributed by atoms with van der Waals surface area (Å²) in [6, 6.07) is 0. The van der Waals surface area contributed by atoms with Crippen LogP contribution in [0.25, 0.3) is 0 Å². The summed E-state index contributed by atoms with van der Waals surface area (Å²) in [4.78, 5) is 0. The Morgan fingerprint density at radius 1 is 0.950 bits per heavy atom. The van der Waals surface area contributed by atoms with Crippen molar-refractivity contribution < 1.29 is 16.6 Å². The summed E-state index contributed by atoms with van der Waals surface area (Å²) < 4.78 is 0.470. The molecule has 0 nitrogen and oxygen atoms in total. The van der Waals surface area contributed by atoms with Crippen molar-refractivity contribution in [2.24, 2.45) is 23.7 Å². The zero-order chi connectivity index (χ0) is 15.6. The molecule has 0 aromatic carbocycles. The maximum atomic E-state index is 2.62. The number of rotatable bonds is 1. The van der Waals surface area contributed by atoms with Gasteiger partial charge in [-0.05, 0) is 0 Å². The fourth-order valence-electron chi connectivity index (χ4n) is 5.03. The van der Waals surface area contributed by atoms with Crippen LogP contribution >= 0.6 is 0 Å². The summed E-state index contributed by atoms with van der Waals surface area (Å²) >= 11 is -1.85. The number of allylic oxidation sites excluding steroid dienone is 4. The van der Waals surface area contributed by atoms with Gasteiger partial charge in [0.2, 0.25) is 0 Å². The van der Waals surface area contributed by atoms with E-state index in [0.717, 1.165) is 17.8 Å². The molecule has 0 amide bonds. The van der Waals surface area contributed by atoms with Gasteiger partial charge in [-0.15, -0.1) is 0 Å². The van der Waals surface area contributed by atoms with Gasteiger partial charge in [0.15, 0.2) is 0 Å². The molecular weight excluding hydrogens is 276 g/mol. The first-order chi connectivity index (χ1) is 8.96. The standard InChI is InChI=1S/C16H25.3CH3.Ti/c1-8-9(2)12(5)16-14(7)10(3)13(6)15(16)11(8)4;;;;/h8-9,11,13H,1-7H3;3*1H3;. The molecule has 0 bridgehead atoms. The summed E-state index contributed by atoms with van der Waals surface area (Å²) in [6.07, 6.45) is 0. The van der Waals surface area contributed by atoms with Crippen LogP contribution in [0, 0.1) is 23.7 Å². The van der Waals surface area contributed by atoms with E-state index >= 15 is 0 Å². The fourth-order valence-corrected chi connectivity index (χ4v) is 9.26. The SMILES string of the molecule is CC1=C(C)C(C)C2=C1[C](C)([Ti]([CH3])([CH3])[CH3])C(C)C(C)C2C. The van der Waals surface area contributed by atoms with Gasteiger partial charge in [0.25, 0.3) is 0 Å². The Kier molecular flexibility index (Phi) is 4.02. The van der Waals surface area contributed by atoms with Gasteiger partial charge in [0, 0.05) is 0 Å². The summed E-state index contributed by atoms with van der Waals surface area (Å²) in [6.45, 7) is 17.3. The van der Waals surface area contributed by atoms with Gasteiger partial charge in [-0.3, -0.25) is 0 Å². The van der Waals surface area contributed by atoms with Crippen molar-refractivity contribution in [2.75, 3.05) is 0 Å². The van der Waals surface area contributed by atoms with E-state index in [1.807, 2.05) is 0 Å². The average Bonchev–Trinajstić information content (AvgIpc) is 2.57. The second-order valence-electron chi connectivity index (χ2n) is 8.75. The minimum absolute atomic E-state index is 0.470. The molecule has 2 aliphatic carbocycles.